The molecule has 1 atom stereocenters. The van der Waals surface area contributed by atoms with Gasteiger partial charge in [0.25, 0.3) is 0 Å². The first-order valence-electron chi connectivity index (χ1n) is 3.72. The van der Waals surface area contributed by atoms with E-state index in [0.717, 1.165) is 10.4 Å². The molecule has 3 nitrogen and oxygen atoms in total. The van der Waals surface area contributed by atoms with Crippen LogP contribution in [-0.4, -0.2) is 22.7 Å². The molecule has 0 bridgehead atoms. The molecule has 1 rings (SSSR count). The fourth-order valence-corrected chi connectivity index (χ4v) is 1.13. The summed E-state index contributed by atoms with van der Waals surface area (Å²) in [6, 6.07) is 5.64. The quantitative estimate of drug-likeness (QED) is 0.777. The zero-order valence-corrected chi connectivity index (χ0v) is 8.37. The SMILES string of the molecule is CC(CO)Nc1cccc(Br)n1. The highest BCUT2D eigenvalue weighted by Crippen LogP contribution is 2.10. The van der Waals surface area contributed by atoms with E-state index >= 15 is 0 Å². The molecule has 0 radical (unpaired) electrons. The molecule has 0 aromatic carbocycles. The van der Waals surface area contributed by atoms with Crippen molar-refractivity contribution in [3.8, 4) is 0 Å². The summed E-state index contributed by atoms with van der Waals surface area (Å²) in [6.45, 7) is 2.00. The van der Waals surface area contributed by atoms with Gasteiger partial charge in [-0.2, -0.15) is 0 Å². The van der Waals surface area contributed by atoms with Crippen LogP contribution >= 0.6 is 15.9 Å². The molecule has 1 heterocycles. The fraction of sp³-hybridized carbons (Fsp3) is 0.375. The maximum Gasteiger partial charge on any atom is 0.127 e. The Balaban J connectivity index is 2.63. The molecule has 2 N–H and O–H groups in total. The van der Waals surface area contributed by atoms with Crippen molar-refractivity contribution in [2.45, 2.75) is 13.0 Å². The molecule has 66 valence electrons. The van der Waals surface area contributed by atoms with Crippen LogP contribution < -0.4 is 5.32 Å². The molecule has 12 heavy (non-hydrogen) atoms. The monoisotopic (exact) mass is 230 g/mol. The minimum absolute atomic E-state index is 0.0341. The van der Waals surface area contributed by atoms with Gasteiger partial charge in [0.05, 0.1) is 6.61 Å². The van der Waals surface area contributed by atoms with Crippen molar-refractivity contribution < 1.29 is 5.11 Å². The van der Waals surface area contributed by atoms with E-state index in [4.69, 9.17) is 5.11 Å². The maximum absolute atomic E-state index is 8.76. The number of nitrogens with zero attached hydrogens (tertiary/aromatic N) is 1. The van der Waals surface area contributed by atoms with Crippen LogP contribution in [0.3, 0.4) is 0 Å². The summed E-state index contributed by atoms with van der Waals surface area (Å²) in [5.41, 5.74) is 0. The number of rotatable bonds is 3. The lowest BCUT2D eigenvalue weighted by molar-refractivity contribution is 0.281. The first-order chi connectivity index (χ1) is 5.72. The zero-order valence-electron chi connectivity index (χ0n) is 6.79. The Hall–Kier alpha value is -0.610. The molecule has 0 aliphatic heterocycles. The Morgan fingerprint density at radius 1 is 1.67 bits per heavy atom. The van der Waals surface area contributed by atoms with Crippen LogP contribution in [0.5, 0.6) is 0 Å². The van der Waals surface area contributed by atoms with Gasteiger partial charge in [-0.3, -0.25) is 0 Å². The third-order valence-electron chi connectivity index (χ3n) is 1.38. The number of aliphatic hydroxyl groups excluding tert-OH is 1. The van der Waals surface area contributed by atoms with Crippen LogP contribution in [0.15, 0.2) is 22.8 Å². The Kier molecular flexibility index (Phi) is 3.49. The smallest absolute Gasteiger partial charge is 0.127 e. The van der Waals surface area contributed by atoms with Crippen LogP contribution in [-0.2, 0) is 0 Å². The van der Waals surface area contributed by atoms with Crippen molar-refractivity contribution in [2.24, 2.45) is 0 Å². The summed E-state index contributed by atoms with van der Waals surface area (Å²) in [6.07, 6.45) is 0. The number of pyridine rings is 1. The summed E-state index contributed by atoms with van der Waals surface area (Å²) < 4.78 is 0.789. The number of nitrogens with one attached hydrogen (secondary N) is 1. The normalized spacial score (nSPS) is 12.6. The third kappa shape index (κ3) is 2.79. The molecule has 4 heteroatoms. The van der Waals surface area contributed by atoms with Crippen LogP contribution in [0.25, 0.3) is 0 Å². The summed E-state index contributed by atoms with van der Waals surface area (Å²) in [7, 11) is 0. The largest absolute Gasteiger partial charge is 0.394 e. The second-order valence-corrected chi connectivity index (χ2v) is 3.39. The van der Waals surface area contributed by atoms with Gasteiger partial charge in [-0.1, -0.05) is 6.07 Å². The fourth-order valence-electron chi connectivity index (χ4n) is 0.787. The Morgan fingerprint density at radius 3 is 3.00 bits per heavy atom. The predicted molar refractivity (Wildman–Crippen MR) is 52.1 cm³/mol. The molecular weight excluding hydrogens is 220 g/mol. The molecule has 0 saturated heterocycles. The highest BCUT2D eigenvalue weighted by Gasteiger charge is 1.99. The molecule has 0 spiro atoms. The molecule has 1 aromatic heterocycles. The van der Waals surface area contributed by atoms with Crippen molar-refractivity contribution >= 4 is 21.7 Å². The zero-order chi connectivity index (χ0) is 8.97. The van der Waals surface area contributed by atoms with E-state index in [1.807, 2.05) is 25.1 Å². The summed E-state index contributed by atoms with van der Waals surface area (Å²) in [5, 5.41) is 11.8. The lowest BCUT2D eigenvalue weighted by Crippen LogP contribution is -2.19. The van der Waals surface area contributed by atoms with Crippen molar-refractivity contribution in [3.63, 3.8) is 0 Å². The van der Waals surface area contributed by atoms with Crippen LogP contribution in [0, 0.1) is 0 Å². The summed E-state index contributed by atoms with van der Waals surface area (Å²) in [4.78, 5) is 4.16. The number of anilines is 1. The van der Waals surface area contributed by atoms with Gasteiger partial charge in [-0.25, -0.2) is 4.98 Å². The molecular formula is C8H11BrN2O. The molecule has 0 fully saturated rings. The number of halogens is 1. The lowest BCUT2D eigenvalue weighted by atomic mass is 10.3. The van der Waals surface area contributed by atoms with Gasteiger partial charge in [0.2, 0.25) is 0 Å². The Labute approximate surface area is 80.0 Å². The average Bonchev–Trinajstić information content (AvgIpc) is 2.04. The Bertz CT molecular complexity index is 255. The molecule has 0 aliphatic rings. The van der Waals surface area contributed by atoms with E-state index in [2.05, 4.69) is 26.2 Å². The van der Waals surface area contributed by atoms with Gasteiger partial charge in [0, 0.05) is 6.04 Å². The predicted octanol–water partition coefficient (Wildman–Crippen LogP) is 1.64. The number of aliphatic hydroxyl groups is 1. The summed E-state index contributed by atoms with van der Waals surface area (Å²) in [5.74, 6) is 0.769. The van der Waals surface area contributed by atoms with Crippen LogP contribution in [0.2, 0.25) is 0 Å². The van der Waals surface area contributed by atoms with Crippen molar-refractivity contribution in [1.82, 2.24) is 4.98 Å². The first-order valence-corrected chi connectivity index (χ1v) is 4.51. The van der Waals surface area contributed by atoms with Crippen molar-refractivity contribution in [1.29, 1.82) is 0 Å². The second-order valence-electron chi connectivity index (χ2n) is 2.57. The topological polar surface area (TPSA) is 45.1 Å². The maximum atomic E-state index is 8.76. The highest BCUT2D eigenvalue weighted by molar-refractivity contribution is 9.10. The molecule has 1 unspecified atom stereocenters. The number of hydrogen-bond acceptors (Lipinski definition) is 3. The van der Waals surface area contributed by atoms with E-state index in [1.165, 1.54) is 0 Å². The minimum atomic E-state index is 0.0341. The molecule has 0 amide bonds. The molecule has 1 aromatic rings. The number of hydrogen-bond donors (Lipinski definition) is 2. The van der Waals surface area contributed by atoms with E-state index in [-0.39, 0.29) is 12.6 Å². The van der Waals surface area contributed by atoms with Gasteiger partial charge in [-0.15, -0.1) is 0 Å². The molecule has 0 aliphatic carbocycles. The number of aromatic nitrogens is 1. The standard InChI is InChI=1S/C8H11BrN2O/c1-6(5-12)10-8-4-2-3-7(9)11-8/h2-4,6,12H,5H2,1H3,(H,10,11). The van der Waals surface area contributed by atoms with Crippen molar-refractivity contribution in [3.05, 3.63) is 22.8 Å². The summed E-state index contributed by atoms with van der Waals surface area (Å²) >= 11 is 3.26. The highest BCUT2D eigenvalue weighted by atomic mass is 79.9. The lowest BCUT2D eigenvalue weighted by Gasteiger charge is -2.10. The van der Waals surface area contributed by atoms with E-state index < -0.39 is 0 Å². The van der Waals surface area contributed by atoms with Crippen LogP contribution in [0.1, 0.15) is 6.92 Å². The van der Waals surface area contributed by atoms with Gasteiger partial charge in [0.1, 0.15) is 10.4 Å². The minimum Gasteiger partial charge on any atom is -0.394 e. The van der Waals surface area contributed by atoms with E-state index in [0.29, 0.717) is 0 Å². The average molecular weight is 231 g/mol. The third-order valence-corrected chi connectivity index (χ3v) is 1.82. The second kappa shape index (κ2) is 4.42. The van der Waals surface area contributed by atoms with Gasteiger partial charge in [-0.05, 0) is 35.0 Å². The van der Waals surface area contributed by atoms with E-state index in [1.54, 1.807) is 0 Å². The van der Waals surface area contributed by atoms with Gasteiger partial charge in [0.15, 0.2) is 0 Å². The van der Waals surface area contributed by atoms with Crippen LogP contribution in [0.4, 0.5) is 5.82 Å². The van der Waals surface area contributed by atoms with Gasteiger partial charge >= 0.3 is 0 Å². The van der Waals surface area contributed by atoms with Crippen molar-refractivity contribution in [2.75, 3.05) is 11.9 Å². The Morgan fingerprint density at radius 2 is 2.42 bits per heavy atom. The first kappa shape index (κ1) is 9.48. The van der Waals surface area contributed by atoms with Gasteiger partial charge < -0.3 is 10.4 Å². The van der Waals surface area contributed by atoms with E-state index in [9.17, 15) is 0 Å². The molecule has 0 saturated carbocycles.